The molecule has 0 unspecified atom stereocenters. The third-order valence-corrected chi connectivity index (χ3v) is 2.85. The topological polar surface area (TPSA) is 48.7 Å². The number of nitriles is 1. The molecule has 0 amide bonds. The van der Waals surface area contributed by atoms with Crippen molar-refractivity contribution in [3.8, 4) is 6.07 Å². The molecule has 0 aliphatic carbocycles. The van der Waals surface area contributed by atoms with Crippen LogP contribution in [0.3, 0.4) is 0 Å². The molecule has 1 aromatic carbocycles. The highest BCUT2D eigenvalue weighted by Gasteiger charge is 2.01. The second-order valence-corrected chi connectivity index (χ2v) is 4.21. The van der Waals surface area contributed by atoms with Gasteiger partial charge in [0.25, 0.3) is 0 Å². The Morgan fingerprint density at radius 2 is 2.17 bits per heavy atom. The van der Waals surface area contributed by atoms with E-state index in [9.17, 15) is 0 Å². The number of rotatable bonds is 4. The Hall–Kier alpha value is -2.05. The van der Waals surface area contributed by atoms with Gasteiger partial charge in [0, 0.05) is 24.9 Å². The summed E-state index contributed by atoms with van der Waals surface area (Å²) in [6.45, 7) is 0.728. The predicted octanol–water partition coefficient (Wildman–Crippen LogP) is 3.26. The van der Waals surface area contributed by atoms with Gasteiger partial charge in [-0.05, 0) is 30.3 Å². The molecule has 0 aliphatic rings. The van der Waals surface area contributed by atoms with Crippen LogP contribution in [0.25, 0.3) is 0 Å². The molecule has 2 rings (SSSR count). The number of anilines is 1. The van der Waals surface area contributed by atoms with Crippen LogP contribution in [-0.4, -0.2) is 11.5 Å². The molecule has 0 spiro atoms. The van der Waals surface area contributed by atoms with Crippen molar-refractivity contribution in [2.75, 3.05) is 11.9 Å². The van der Waals surface area contributed by atoms with Crippen LogP contribution in [0, 0.1) is 11.3 Å². The molecule has 0 fully saturated rings. The Kier molecular flexibility index (Phi) is 4.16. The van der Waals surface area contributed by atoms with Crippen molar-refractivity contribution in [3.05, 3.63) is 58.9 Å². The highest BCUT2D eigenvalue weighted by molar-refractivity contribution is 6.33. The van der Waals surface area contributed by atoms with Crippen molar-refractivity contribution in [1.82, 2.24) is 4.98 Å². The zero-order chi connectivity index (χ0) is 12.8. The molecule has 1 N–H and O–H groups in total. The number of pyridine rings is 1. The van der Waals surface area contributed by atoms with Gasteiger partial charge < -0.3 is 5.32 Å². The van der Waals surface area contributed by atoms with Crippen LogP contribution in [0.2, 0.25) is 5.02 Å². The molecular weight excluding hydrogens is 246 g/mol. The lowest BCUT2D eigenvalue weighted by atomic mass is 10.2. The molecule has 0 saturated carbocycles. The molecule has 0 radical (unpaired) electrons. The van der Waals surface area contributed by atoms with Crippen molar-refractivity contribution >= 4 is 17.3 Å². The Bertz CT molecular complexity index is 561. The molecule has 0 bridgehead atoms. The fraction of sp³-hybridized carbons (Fsp3) is 0.143. The van der Waals surface area contributed by atoms with E-state index in [0.29, 0.717) is 10.6 Å². The van der Waals surface area contributed by atoms with E-state index in [0.717, 1.165) is 24.3 Å². The van der Waals surface area contributed by atoms with Crippen LogP contribution in [0.4, 0.5) is 5.69 Å². The highest BCUT2D eigenvalue weighted by atomic mass is 35.5. The Labute approximate surface area is 111 Å². The summed E-state index contributed by atoms with van der Waals surface area (Å²) in [5, 5.41) is 12.7. The van der Waals surface area contributed by atoms with Gasteiger partial charge in [-0.3, -0.25) is 4.98 Å². The molecule has 0 atom stereocenters. The lowest BCUT2D eigenvalue weighted by Crippen LogP contribution is -2.06. The standard InChI is InChI=1S/C14H12ClN3/c15-13-5-4-11(10-16)9-14(13)18-8-6-12-3-1-2-7-17-12/h1-5,7,9,18H,6,8H2. The Morgan fingerprint density at radius 1 is 1.28 bits per heavy atom. The molecule has 1 aromatic heterocycles. The fourth-order valence-electron chi connectivity index (χ4n) is 1.60. The maximum Gasteiger partial charge on any atom is 0.0992 e. The average molecular weight is 258 g/mol. The first-order valence-corrected chi connectivity index (χ1v) is 6.01. The number of hydrogen-bond acceptors (Lipinski definition) is 3. The van der Waals surface area contributed by atoms with Gasteiger partial charge in [-0.2, -0.15) is 5.26 Å². The minimum Gasteiger partial charge on any atom is -0.383 e. The average Bonchev–Trinajstić information content (AvgIpc) is 2.42. The number of nitrogens with one attached hydrogen (secondary N) is 1. The van der Waals surface area contributed by atoms with Gasteiger partial charge in [-0.1, -0.05) is 17.7 Å². The van der Waals surface area contributed by atoms with Gasteiger partial charge in [0.1, 0.15) is 0 Å². The van der Waals surface area contributed by atoms with E-state index in [1.807, 2.05) is 18.2 Å². The SMILES string of the molecule is N#Cc1ccc(Cl)c(NCCc2ccccn2)c1. The first-order valence-electron chi connectivity index (χ1n) is 5.63. The summed E-state index contributed by atoms with van der Waals surface area (Å²) in [7, 11) is 0. The van der Waals surface area contributed by atoms with E-state index < -0.39 is 0 Å². The van der Waals surface area contributed by atoms with Crippen molar-refractivity contribution in [2.24, 2.45) is 0 Å². The smallest absolute Gasteiger partial charge is 0.0992 e. The molecule has 3 nitrogen and oxygen atoms in total. The van der Waals surface area contributed by atoms with Crippen molar-refractivity contribution in [3.63, 3.8) is 0 Å². The summed E-state index contributed by atoms with van der Waals surface area (Å²) in [5.41, 5.74) is 2.41. The first-order chi connectivity index (χ1) is 8.79. The minimum atomic E-state index is 0.597. The third-order valence-electron chi connectivity index (χ3n) is 2.52. The van der Waals surface area contributed by atoms with Gasteiger partial charge >= 0.3 is 0 Å². The van der Waals surface area contributed by atoms with Crippen LogP contribution < -0.4 is 5.32 Å². The highest BCUT2D eigenvalue weighted by Crippen LogP contribution is 2.22. The quantitative estimate of drug-likeness (QED) is 0.915. The minimum absolute atomic E-state index is 0.597. The predicted molar refractivity (Wildman–Crippen MR) is 72.6 cm³/mol. The van der Waals surface area contributed by atoms with Crippen LogP contribution in [-0.2, 0) is 6.42 Å². The second kappa shape index (κ2) is 6.04. The van der Waals surface area contributed by atoms with Gasteiger partial charge in [0.15, 0.2) is 0 Å². The van der Waals surface area contributed by atoms with Crippen molar-refractivity contribution in [2.45, 2.75) is 6.42 Å². The summed E-state index contributed by atoms with van der Waals surface area (Å²) >= 11 is 6.05. The summed E-state index contributed by atoms with van der Waals surface area (Å²) in [5.74, 6) is 0. The fourth-order valence-corrected chi connectivity index (χ4v) is 1.79. The number of halogens is 1. The van der Waals surface area contributed by atoms with E-state index in [4.69, 9.17) is 16.9 Å². The third kappa shape index (κ3) is 3.22. The lowest BCUT2D eigenvalue weighted by Gasteiger charge is -2.08. The van der Waals surface area contributed by atoms with Crippen molar-refractivity contribution < 1.29 is 0 Å². The van der Waals surface area contributed by atoms with Gasteiger partial charge in [0.05, 0.1) is 22.3 Å². The molecular formula is C14H12ClN3. The number of benzene rings is 1. The Morgan fingerprint density at radius 3 is 2.89 bits per heavy atom. The van der Waals surface area contributed by atoms with Gasteiger partial charge in [0.2, 0.25) is 0 Å². The summed E-state index contributed by atoms with van der Waals surface area (Å²) in [6.07, 6.45) is 2.59. The monoisotopic (exact) mass is 257 g/mol. The number of aromatic nitrogens is 1. The summed E-state index contributed by atoms with van der Waals surface area (Å²) < 4.78 is 0. The molecule has 2 aromatic rings. The molecule has 90 valence electrons. The van der Waals surface area contributed by atoms with E-state index in [1.165, 1.54) is 0 Å². The summed E-state index contributed by atoms with van der Waals surface area (Å²) in [6, 6.07) is 13.1. The molecule has 1 heterocycles. The van der Waals surface area contributed by atoms with E-state index >= 15 is 0 Å². The van der Waals surface area contributed by atoms with E-state index in [2.05, 4.69) is 16.4 Å². The van der Waals surface area contributed by atoms with Crippen LogP contribution in [0.15, 0.2) is 42.6 Å². The van der Waals surface area contributed by atoms with Crippen molar-refractivity contribution in [1.29, 1.82) is 5.26 Å². The zero-order valence-electron chi connectivity index (χ0n) is 9.73. The van der Waals surface area contributed by atoms with Gasteiger partial charge in [-0.15, -0.1) is 0 Å². The number of hydrogen-bond donors (Lipinski definition) is 1. The molecule has 4 heteroatoms. The Balaban J connectivity index is 1.96. The molecule has 18 heavy (non-hydrogen) atoms. The molecule has 0 aliphatic heterocycles. The lowest BCUT2D eigenvalue weighted by molar-refractivity contribution is 0.961. The van der Waals surface area contributed by atoms with Gasteiger partial charge in [-0.25, -0.2) is 0 Å². The van der Waals surface area contributed by atoms with Crippen LogP contribution >= 0.6 is 11.6 Å². The largest absolute Gasteiger partial charge is 0.383 e. The molecule has 0 saturated heterocycles. The maximum absolute atomic E-state index is 8.83. The van der Waals surface area contributed by atoms with E-state index in [1.54, 1.807) is 24.4 Å². The normalized spacial score (nSPS) is 9.78. The number of nitrogens with zero attached hydrogens (tertiary/aromatic N) is 2. The maximum atomic E-state index is 8.83. The van der Waals surface area contributed by atoms with Crippen LogP contribution in [0.5, 0.6) is 0 Å². The summed E-state index contributed by atoms with van der Waals surface area (Å²) in [4.78, 5) is 4.24. The second-order valence-electron chi connectivity index (χ2n) is 3.80. The van der Waals surface area contributed by atoms with Crippen LogP contribution in [0.1, 0.15) is 11.3 Å². The first kappa shape index (κ1) is 12.4. The van der Waals surface area contributed by atoms with E-state index in [-0.39, 0.29) is 0 Å². The zero-order valence-corrected chi connectivity index (χ0v) is 10.5.